The fraction of sp³-hybridized carbons (Fsp3) is 0.556. The van der Waals surface area contributed by atoms with Crippen LogP contribution >= 0.6 is 23.8 Å². The van der Waals surface area contributed by atoms with Gasteiger partial charge in [0.1, 0.15) is 0 Å². The van der Waals surface area contributed by atoms with Crippen molar-refractivity contribution < 1.29 is 14.2 Å². The highest BCUT2D eigenvalue weighted by atomic mass is 35.5. The van der Waals surface area contributed by atoms with Gasteiger partial charge in [0, 0.05) is 26.2 Å². The molecule has 2 N–H and O–H groups in total. The van der Waals surface area contributed by atoms with Gasteiger partial charge in [-0.05, 0) is 43.8 Å². The molecule has 0 unspecified atom stereocenters. The number of hydrazone groups is 1. The van der Waals surface area contributed by atoms with Crippen molar-refractivity contribution in [1.29, 1.82) is 0 Å². The number of hydrogen-bond donors (Lipinski definition) is 2. The van der Waals surface area contributed by atoms with Gasteiger partial charge in [-0.1, -0.05) is 11.6 Å². The van der Waals surface area contributed by atoms with Crippen LogP contribution in [0.1, 0.15) is 19.4 Å². The van der Waals surface area contributed by atoms with E-state index in [1.165, 1.54) is 0 Å². The Balaban J connectivity index is 1.82. The van der Waals surface area contributed by atoms with Crippen LogP contribution in [0, 0.1) is 0 Å². The Bertz CT molecular complexity index is 639. The third-order valence-electron chi connectivity index (χ3n) is 3.82. The first kappa shape index (κ1) is 21.7. The maximum absolute atomic E-state index is 6.29. The quantitative estimate of drug-likeness (QED) is 0.365. The second-order valence-corrected chi connectivity index (χ2v) is 6.59. The van der Waals surface area contributed by atoms with E-state index in [4.69, 9.17) is 38.0 Å². The first-order valence-electron chi connectivity index (χ1n) is 9.10. The fourth-order valence-corrected chi connectivity index (χ4v) is 3.00. The van der Waals surface area contributed by atoms with Gasteiger partial charge >= 0.3 is 0 Å². The van der Waals surface area contributed by atoms with Gasteiger partial charge in [-0.2, -0.15) is 5.10 Å². The van der Waals surface area contributed by atoms with Crippen LogP contribution in [0.3, 0.4) is 0 Å². The molecule has 150 valence electrons. The summed E-state index contributed by atoms with van der Waals surface area (Å²) in [6.45, 7) is 10.0. The predicted molar refractivity (Wildman–Crippen MR) is 112 cm³/mol. The van der Waals surface area contributed by atoms with E-state index in [9.17, 15) is 0 Å². The molecule has 27 heavy (non-hydrogen) atoms. The number of morpholine rings is 1. The van der Waals surface area contributed by atoms with Gasteiger partial charge < -0.3 is 19.5 Å². The minimum Gasteiger partial charge on any atom is -0.490 e. The van der Waals surface area contributed by atoms with E-state index in [2.05, 4.69) is 20.7 Å². The number of benzene rings is 1. The van der Waals surface area contributed by atoms with E-state index in [-0.39, 0.29) is 0 Å². The Labute approximate surface area is 171 Å². The lowest BCUT2D eigenvalue weighted by Gasteiger charge is -2.26. The Morgan fingerprint density at radius 3 is 2.74 bits per heavy atom. The molecule has 1 fully saturated rings. The minimum absolute atomic E-state index is 0.474. The van der Waals surface area contributed by atoms with Gasteiger partial charge in [-0.3, -0.25) is 10.3 Å². The largest absolute Gasteiger partial charge is 0.490 e. The molecule has 7 nitrogen and oxygen atoms in total. The van der Waals surface area contributed by atoms with Crippen LogP contribution in [-0.4, -0.2) is 68.8 Å². The maximum Gasteiger partial charge on any atom is 0.187 e. The van der Waals surface area contributed by atoms with Gasteiger partial charge in [0.2, 0.25) is 0 Å². The van der Waals surface area contributed by atoms with Crippen molar-refractivity contribution in [1.82, 2.24) is 15.6 Å². The molecule has 1 aliphatic rings. The molecular formula is C18H27ClN4O3S. The van der Waals surface area contributed by atoms with Gasteiger partial charge in [0.25, 0.3) is 0 Å². The standard InChI is InChI=1S/C18H27ClN4O3S/c1-3-25-16-12-14(11-15(19)17(16)26-4-2)13-21-22-18(27)20-5-6-23-7-9-24-10-8-23/h11-13H,3-10H2,1-2H3,(H2,20,22,27)/b21-13+. The SMILES string of the molecule is CCOc1cc(/C=N/NC(=S)NCCN2CCOCC2)cc(Cl)c1OCC. The molecule has 0 bridgehead atoms. The lowest BCUT2D eigenvalue weighted by molar-refractivity contribution is 0.0389. The fourth-order valence-electron chi connectivity index (χ4n) is 2.57. The van der Waals surface area contributed by atoms with E-state index >= 15 is 0 Å². The molecule has 1 aromatic rings. The summed E-state index contributed by atoms with van der Waals surface area (Å²) in [5, 5.41) is 8.25. The molecular weight excluding hydrogens is 388 g/mol. The smallest absolute Gasteiger partial charge is 0.187 e. The number of halogens is 1. The van der Waals surface area contributed by atoms with Crippen LogP contribution in [0.15, 0.2) is 17.2 Å². The molecule has 0 spiro atoms. The van der Waals surface area contributed by atoms with Crippen molar-refractivity contribution in [2.24, 2.45) is 5.10 Å². The maximum atomic E-state index is 6.29. The molecule has 9 heteroatoms. The van der Waals surface area contributed by atoms with Crippen molar-refractivity contribution in [3.05, 3.63) is 22.7 Å². The normalized spacial score (nSPS) is 14.9. The van der Waals surface area contributed by atoms with Crippen LogP contribution in [-0.2, 0) is 4.74 Å². The van der Waals surface area contributed by atoms with Crippen LogP contribution in [0.2, 0.25) is 5.02 Å². The molecule has 0 aromatic heterocycles. The number of nitrogens with zero attached hydrogens (tertiary/aromatic N) is 2. The molecule has 0 aliphatic carbocycles. The topological polar surface area (TPSA) is 67.4 Å². The van der Waals surface area contributed by atoms with E-state index in [1.54, 1.807) is 12.3 Å². The van der Waals surface area contributed by atoms with Crippen molar-refractivity contribution in [3.63, 3.8) is 0 Å². The van der Waals surface area contributed by atoms with E-state index in [0.717, 1.165) is 45.0 Å². The molecule has 1 aliphatic heterocycles. The van der Waals surface area contributed by atoms with E-state index in [0.29, 0.717) is 34.8 Å². The molecule has 0 radical (unpaired) electrons. The number of thiocarbonyl (C=S) groups is 1. The summed E-state index contributed by atoms with van der Waals surface area (Å²) < 4.78 is 16.5. The molecule has 2 rings (SSSR count). The van der Waals surface area contributed by atoms with Crippen LogP contribution < -0.4 is 20.2 Å². The van der Waals surface area contributed by atoms with Crippen LogP contribution in [0.5, 0.6) is 11.5 Å². The second-order valence-electron chi connectivity index (χ2n) is 5.78. The lowest BCUT2D eigenvalue weighted by Crippen LogP contribution is -2.42. The summed E-state index contributed by atoms with van der Waals surface area (Å²) in [7, 11) is 0. The van der Waals surface area contributed by atoms with E-state index < -0.39 is 0 Å². The summed E-state index contributed by atoms with van der Waals surface area (Å²) in [4.78, 5) is 2.33. The Morgan fingerprint density at radius 2 is 2.04 bits per heavy atom. The Kier molecular flexibility index (Phi) is 9.61. The third-order valence-corrected chi connectivity index (χ3v) is 4.33. The van der Waals surface area contributed by atoms with Gasteiger partial charge in [0.15, 0.2) is 16.6 Å². The summed E-state index contributed by atoms with van der Waals surface area (Å²) in [5.74, 6) is 1.14. The molecule has 0 saturated carbocycles. The summed E-state index contributed by atoms with van der Waals surface area (Å²) >= 11 is 11.5. The van der Waals surface area contributed by atoms with E-state index in [1.807, 2.05) is 19.9 Å². The van der Waals surface area contributed by atoms with Gasteiger partial charge in [0.05, 0.1) is 37.7 Å². The minimum atomic E-state index is 0.474. The summed E-state index contributed by atoms with van der Waals surface area (Å²) in [6.07, 6.45) is 1.64. The average Bonchev–Trinajstić information content (AvgIpc) is 2.66. The second kappa shape index (κ2) is 12.0. The molecule has 1 heterocycles. The molecule has 1 aromatic carbocycles. The Hall–Kier alpha value is -1.61. The zero-order chi connectivity index (χ0) is 19.5. The Morgan fingerprint density at radius 1 is 1.30 bits per heavy atom. The highest BCUT2D eigenvalue weighted by molar-refractivity contribution is 7.80. The molecule has 1 saturated heterocycles. The predicted octanol–water partition coefficient (Wildman–Crippen LogP) is 2.27. The van der Waals surface area contributed by atoms with Crippen molar-refractivity contribution in [2.45, 2.75) is 13.8 Å². The number of ether oxygens (including phenoxy) is 3. The van der Waals surface area contributed by atoms with Crippen LogP contribution in [0.25, 0.3) is 0 Å². The first-order valence-corrected chi connectivity index (χ1v) is 9.88. The number of hydrogen-bond acceptors (Lipinski definition) is 6. The highest BCUT2D eigenvalue weighted by Crippen LogP contribution is 2.36. The molecule has 0 amide bonds. The third kappa shape index (κ3) is 7.50. The van der Waals surface area contributed by atoms with Gasteiger partial charge in [-0.15, -0.1) is 0 Å². The average molecular weight is 415 g/mol. The van der Waals surface area contributed by atoms with Crippen molar-refractivity contribution in [3.8, 4) is 11.5 Å². The number of rotatable bonds is 9. The van der Waals surface area contributed by atoms with Crippen molar-refractivity contribution in [2.75, 3.05) is 52.6 Å². The lowest BCUT2D eigenvalue weighted by atomic mass is 10.2. The zero-order valence-electron chi connectivity index (χ0n) is 15.8. The van der Waals surface area contributed by atoms with Crippen LogP contribution in [0.4, 0.5) is 0 Å². The summed E-state index contributed by atoms with van der Waals surface area (Å²) in [6, 6.07) is 3.61. The zero-order valence-corrected chi connectivity index (χ0v) is 17.4. The monoisotopic (exact) mass is 414 g/mol. The van der Waals surface area contributed by atoms with Gasteiger partial charge in [-0.25, -0.2) is 0 Å². The molecule has 0 atom stereocenters. The highest BCUT2D eigenvalue weighted by Gasteiger charge is 2.12. The number of nitrogens with one attached hydrogen (secondary N) is 2. The van der Waals surface area contributed by atoms with Crippen molar-refractivity contribution >= 4 is 35.1 Å². The summed E-state index contributed by atoms with van der Waals surface area (Å²) in [5.41, 5.74) is 3.60. The first-order chi connectivity index (χ1) is 13.1.